The van der Waals surface area contributed by atoms with Gasteiger partial charge in [0, 0.05) is 33.3 Å². The molecule has 0 aromatic heterocycles. The van der Waals surface area contributed by atoms with Crippen LogP contribution in [0, 0.1) is 5.92 Å². The zero-order chi connectivity index (χ0) is 13.8. The highest BCUT2D eigenvalue weighted by atomic mass is 16.5. The third-order valence-electron chi connectivity index (χ3n) is 4.01. The molecular formula is C13H23N3O3. The average molecular weight is 269 g/mol. The summed E-state index contributed by atoms with van der Waals surface area (Å²) < 4.78 is 4.84. The van der Waals surface area contributed by atoms with Crippen LogP contribution in [-0.2, 0) is 14.3 Å². The van der Waals surface area contributed by atoms with E-state index in [0.29, 0.717) is 32.1 Å². The van der Waals surface area contributed by atoms with Crippen molar-refractivity contribution in [1.29, 1.82) is 0 Å². The molecule has 0 spiro atoms. The van der Waals surface area contributed by atoms with Crippen LogP contribution in [-0.4, -0.2) is 74.1 Å². The number of nitrogens with one attached hydrogen (secondary N) is 1. The van der Waals surface area contributed by atoms with E-state index < -0.39 is 0 Å². The molecule has 2 atom stereocenters. The summed E-state index contributed by atoms with van der Waals surface area (Å²) in [5, 5.41) is 3.27. The highest BCUT2D eigenvalue weighted by Gasteiger charge is 2.34. The van der Waals surface area contributed by atoms with Gasteiger partial charge in [-0.15, -0.1) is 0 Å². The molecule has 0 aromatic rings. The zero-order valence-electron chi connectivity index (χ0n) is 11.7. The van der Waals surface area contributed by atoms with Crippen LogP contribution in [0.15, 0.2) is 0 Å². The molecule has 108 valence electrons. The number of carbonyl (C=O) groups is 2. The maximum atomic E-state index is 12.3. The van der Waals surface area contributed by atoms with E-state index in [9.17, 15) is 9.59 Å². The minimum atomic E-state index is -0.0405. The number of piperazine rings is 1. The Morgan fingerprint density at radius 3 is 2.37 bits per heavy atom. The molecule has 2 amide bonds. The van der Waals surface area contributed by atoms with Crippen LogP contribution in [0.2, 0.25) is 0 Å². The number of ether oxygens (including phenoxy) is 1. The van der Waals surface area contributed by atoms with Gasteiger partial charge >= 0.3 is 0 Å². The Hall–Kier alpha value is -1.14. The molecule has 2 saturated heterocycles. The predicted molar refractivity (Wildman–Crippen MR) is 70.6 cm³/mol. The van der Waals surface area contributed by atoms with Crippen molar-refractivity contribution in [1.82, 2.24) is 15.1 Å². The van der Waals surface area contributed by atoms with E-state index in [-0.39, 0.29) is 24.5 Å². The summed E-state index contributed by atoms with van der Waals surface area (Å²) in [6, 6.07) is -0.0405. The van der Waals surface area contributed by atoms with Crippen LogP contribution in [0.3, 0.4) is 0 Å². The summed E-state index contributed by atoms with van der Waals surface area (Å²) in [4.78, 5) is 27.7. The normalized spacial score (nSPS) is 27.7. The van der Waals surface area contributed by atoms with E-state index in [1.165, 1.54) is 7.11 Å². The van der Waals surface area contributed by atoms with Gasteiger partial charge < -0.3 is 19.9 Å². The maximum Gasteiger partial charge on any atom is 0.248 e. The molecule has 6 nitrogen and oxygen atoms in total. The summed E-state index contributed by atoms with van der Waals surface area (Å²) >= 11 is 0. The first kappa shape index (κ1) is 14.3. The monoisotopic (exact) mass is 269 g/mol. The number of carbonyl (C=O) groups excluding carboxylic acids is 2. The van der Waals surface area contributed by atoms with Crippen LogP contribution >= 0.6 is 0 Å². The second-order valence-electron chi connectivity index (χ2n) is 5.34. The molecule has 19 heavy (non-hydrogen) atoms. The lowest BCUT2D eigenvalue weighted by atomic mass is 10.0. The van der Waals surface area contributed by atoms with Crippen molar-refractivity contribution in [3.63, 3.8) is 0 Å². The Morgan fingerprint density at radius 2 is 1.84 bits per heavy atom. The Bertz CT molecular complexity index is 340. The van der Waals surface area contributed by atoms with Gasteiger partial charge in [-0.25, -0.2) is 0 Å². The highest BCUT2D eigenvalue weighted by molar-refractivity contribution is 5.83. The van der Waals surface area contributed by atoms with Gasteiger partial charge in [0.25, 0.3) is 0 Å². The first-order chi connectivity index (χ1) is 9.13. The summed E-state index contributed by atoms with van der Waals surface area (Å²) in [7, 11) is 1.52. The fourth-order valence-electron chi connectivity index (χ4n) is 2.75. The molecule has 0 aliphatic carbocycles. The topological polar surface area (TPSA) is 61.9 Å². The number of hydrogen-bond donors (Lipinski definition) is 1. The van der Waals surface area contributed by atoms with Gasteiger partial charge in [-0.05, 0) is 18.9 Å². The Morgan fingerprint density at radius 1 is 1.21 bits per heavy atom. The lowest BCUT2D eigenvalue weighted by molar-refractivity contribution is -0.143. The van der Waals surface area contributed by atoms with Gasteiger partial charge in [-0.3, -0.25) is 9.59 Å². The summed E-state index contributed by atoms with van der Waals surface area (Å²) in [5.74, 6) is 0.589. The molecule has 2 rings (SSSR count). The van der Waals surface area contributed by atoms with Crippen LogP contribution in [0.5, 0.6) is 0 Å². The van der Waals surface area contributed by atoms with Gasteiger partial charge in [0.2, 0.25) is 11.8 Å². The summed E-state index contributed by atoms with van der Waals surface area (Å²) in [5.41, 5.74) is 0. The fourth-order valence-corrected chi connectivity index (χ4v) is 2.75. The number of hydrogen-bond acceptors (Lipinski definition) is 4. The number of amides is 2. The lowest BCUT2D eigenvalue weighted by Crippen LogP contribution is -2.55. The minimum absolute atomic E-state index is 0.00181. The Labute approximate surface area is 114 Å². The molecule has 2 unspecified atom stereocenters. The first-order valence-corrected chi connectivity index (χ1v) is 6.92. The van der Waals surface area contributed by atoms with Crippen molar-refractivity contribution < 1.29 is 14.3 Å². The van der Waals surface area contributed by atoms with E-state index in [4.69, 9.17) is 4.74 Å². The van der Waals surface area contributed by atoms with Gasteiger partial charge in [-0.1, -0.05) is 6.92 Å². The smallest absolute Gasteiger partial charge is 0.248 e. The molecule has 6 heteroatoms. The third kappa shape index (κ3) is 3.25. The molecule has 2 aliphatic rings. The van der Waals surface area contributed by atoms with E-state index in [2.05, 4.69) is 12.2 Å². The van der Waals surface area contributed by atoms with Crippen molar-refractivity contribution in [3.8, 4) is 0 Å². The molecule has 1 N–H and O–H groups in total. The van der Waals surface area contributed by atoms with E-state index >= 15 is 0 Å². The van der Waals surface area contributed by atoms with Crippen LogP contribution in [0.1, 0.15) is 13.3 Å². The van der Waals surface area contributed by atoms with Gasteiger partial charge in [0.05, 0.1) is 6.04 Å². The number of methoxy groups -OCH3 is 1. The summed E-state index contributed by atoms with van der Waals surface area (Å²) in [6.07, 6.45) is 1.06. The van der Waals surface area contributed by atoms with Crippen LogP contribution < -0.4 is 5.32 Å². The molecule has 2 aliphatic heterocycles. The minimum Gasteiger partial charge on any atom is -0.375 e. The van der Waals surface area contributed by atoms with Crippen molar-refractivity contribution in [3.05, 3.63) is 0 Å². The number of rotatable bonds is 3. The quantitative estimate of drug-likeness (QED) is 0.736. The number of nitrogens with zero attached hydrogens (tertiary/aromatic N) is 2. The molecule has 2 heterocycles. The molecule has 0 saturated carbocycles. The largest absolute Gasteiger partial charge is 0.375 e. The average Bonchev–Trinajstić information content (AvgIpc) is 2.84. The standard InChI is InChI=1S/C13H23N3O3/c1-10-3-4-14-12(10)13(18)16-7-5-15(6-8-16)11(17)9-19-2/h10,12,14H,3-9H2,1-2H3. The third-order valence-corrected chi connectivity index (χ3v) is 4.01. The van der Waals surface area contributed by atoms with Crippen LogP contribution in [0.25, 0.3) is 0 Å². The first-order valence-electron chi connectivity index (χ1n) is 6.92. The van der Waals surface area contributed by atoms with E-state index in [1.807, 2.05) is 4.90 Å². The van der Waals surface area contributed by atoms with E-state index in [0.717, 1.165) is 13.0 Å². The summed E-state index contributed by atoms with van der Waals surface area (Å²) in [6.45, 7) is 5.61. The molecular weight excluding hydrogens is 246 g/mol. The predicted octanol–water partition coefficient (Wildman–Crippen LogP) is -0.698. The van der Waals surface area contributed by atoms with E-state index in [1.54, 1.807) is 4.90 Å². The van der Waals surface area contributed by atoms with Gasteiger partial charge in [-0.2, -0.15) is 0 Å². The molecule has 2 fully saturated rings. The molecule has 0 bridgehead atoms. The maximum absolute atomic E-state index is 12.3. The Balaban J connectivity index is 1.82. The lowest BCUT2D eigenvalue weighted by Gasteiger charge is -2.36. The Kier molecular flexibility index (Phi) is 4.76. The van der Waals surface area contributed by atoms with Crippen molar-refractivity contribution >= 4 is 11.8 Å². The SMILES string of the molecule is COCC(=O)N1CCN(C(=O)C2NCCC2C)CC1. The van der Waals surface area contributed by atoms with Crippen molar-refractivity contribution in [2.45, 2.75) is 19.4 Å². The van der Waals surface area contributed by atoms with Crippen LogP contribution in [0.4, 0.5) is 0 Å². The highest BCUT2D eigenvalue weighted by Crippen LogP contribution is 2.17. The second-order valence-corrected chi connectivity index (χ2v) is 5.34. The van der Waals surface area contributed by atoms with Gasteiger partial charge in [0.15, 0.2) is 0 Å². The second kappa shape index (κ2) is 6.34. The van der Waals surface area contributed by atoms with Gasteiger partial charge in [0.1, 0.15) is 6.61 Å². The van der Waals surface area contributed by atoms with Crippen molar-refractivity contribution in [2.75, 3.05) is 46.4 Å². The molecule has 0 aromatic carbocycles. The zero-order valence-corrected chi connectivity index (χ0v) is 11.7. The van der Waals surface area contributed by atoms with Crippen molar-refractivity contribution in [2.24, 2.45) is 5.92 Å². The molecule has 0 radical (unpaired) electrons. The fraction of sp³-hybridized carbons (Fsp3) is 0.846.